The van der Waals surface area contributed by atoms with Crippen molar-refractivity contribution in [1.29, 1.82) is 0 Å². The Bertz CT molecular complexity index is 460. The van der Waals surface area contributed by atoms with Gasteiger partial charge in [0.25, 0.3) is 0 Å². The second-order valence-electron chi connectivity index (χ2n) is 3.49. The van der Waals surface area contributed by atoms with Gasteiger partial charge >= 0.3 is 5.97 Å². The molecule has 0 bridgehead atoms. The number of carbonyl (C=O) groups is 1. The highest BCUT2D eigenvalue weighted by Gasteiger charge is 2.04. The Kier molecular flexibility index (Phi) is 6.08. The van der Waals surface area contributed by atoms with Crippen molar-refractivity contribution in [3.8, 4) is 0 Å². The van der Waals surface area contributed by atoms with E-state index in [9.17, 15) is 4.79 Å². The number of hydrogen-bond donors (Lipinski definition) is 0. The predicted octanol–water partition coefficient (Wildman–Crippen LogP) is 3.58. The summed E-state index contributed by atoms with van der Waals surface area (Å²) in [4.78, 5) is 14.1. The molecule has 1 rings (SSSR count). The van der Waals surface area contributed by atoms with E-state index in [4.69, 9.17) is 10.3 Å². The van der Waals surface area contributed by atoms with Crippen molar-refractivity contribution in [3.63, 3.8) is 0 Å². The SMILES string of the molecule is CCOC(=O)c1ccc(C=CCCN=[N+]=[N-])cc1. The molecule has 5 heteroatoms. The molecule has 0 radical (unpaired) electrons. The minimum atomic E-state index is -0.309. The zero-order chi connectivity index (χ0) is 13.2. The maximum Gasteiger partial charge on any atom is 0.338 e. The summed E-state index contributed by atoms with van der Waals surface area (Å²) >= 11 is 0. The fraction of sp³-hybridized carbons (Fsp3) is 0.308. The molecule has 1 aromatic rings. The first-order valence-electron chi connectivity index (χ1n) is 5.72. The molecule has 0 spiro atoms. The number of esters is 1. The molecule has 0 aliphatic carbocycles. The summed E-state index contributed by atoms with van der Waals surface area (Å²) in [6, 6.07) is 7.14. The molecular formula is C13H15N3O2. The number of rotatable bonds is 6. The van der Waals surface area contributed by atoms with Crippen LogP contribution in [0.1, 0.15) is 29.3 Å². The van der Waals surface area contributed by atoms with Crippen LogP contribution in [-0.4, -0.2) is 19.1 Å². The fourth-order valence-electron chi connectivity index (χ4n) is 1.34. The Labute approximate surface area is 106 Å². The van der Waals surface area contributed by atoms with Crippen molar-refractivity contribution in [2.45, 2.75) is 13.3 Å². The summed E-state index contributed by atoms with van der Waals surface area (Å²) in [6.07, 6.45) is 4.54. The second kappa shape index (κ2) is 7.92. The highest BCUT2D eigenvalue weighted by atomic mass is 16.5. The number of ether oxygens (including phenoxy) is 1. The molecular weight excluding hydrogens is 230 g/mol. The van der Waals surface area contributed by atoms with Gasteiger partial charge in [-0.3, -0.25) is 0 Å². The van der Waals surface area contributed by atoms with Crippen LogP contribution in [-0.2, 0) is 4.74 Å². The largest absolute Gasteiger partial charge is 0.462 e. The Morgan fingerprint density at radius 1 is 1.44 bits per heavy atom. The number of nitrogens with zero attached hydrogens (tertiary/aromatic N) is 3. The van der Waals surface area contributed by atoms with E-state index in [0.717, 1.165) is 5.56 Å². The van der Waals surface area contributed by atoms with Crippen LogP contribution in [0.4, 0.5) is 0 Å². The van der Waals surface area contributed by atoms with Crippen LogP contribution in [0.5, 0.6) is 0 Å². The van der Waals surface area contributed by atoms with Crippen LogP contribution in [0.15, 0.2) is 35.5 Å². The average Bonchev–Trinajstić information content (AvgIpc) is 2.39. The Balaban J connectivity index is 2.54. The van der Waals surface area contributed by atoms with E-state index in [1.165, 1.54) is 0 Å². The molecule has 0 aliphatic heterocycles. The van der Waals surface area contributed by atoms with Crippen LogP contribution < -0.4 is 0 Å². The van der Waals surface area contributed by atoms with Gasteiger partial charge in [0.15, 0.2) is 0 Å². The highest BCUT2D eigenvalue weighted by molar-refractivity contribution is 5.89. The first-order valence-corrected chi connectivity index (χ1v) is 5.72. The number of carbonyl (C=O) groups excluding carboxylic acids is 1. The average molecular weight is 245 g/mol. The maximum absolute atomic E-state index is 11.4. The van der Waals surface area contributed by atoms with Crippen LogP contribution in [0.2, 0.25) is 0 Å². The molecule has 0 atom stereocenters. The third kappa shape index (κ3) is 4.72. The number of azide groups is 1. The summed E-state index contributed by atoms with van der Waals surface area (Å²) in [5.74, 6) is -0.309. The van der Waals surface area contributed by atoms with Gasteiger partial charge in [0, 0.05) is 11.5 Å². The molecule has 18 heavy (non-hydrogen) atoms. The van der Waals surface area contributed by atoms with E-state index >= 15 is 0 Å². The van der Waals surface area contributed by atoms with Crippen molar-refractivity contribution in [2.24, 2.45) is 5.11 Å². The van der Waals surface area contributed by atoms with Gasteiger partial charge in [0.1, 0.15) is 0 Å². The van der Waals surface area contributed by atoms with Crippen molar-refractivity contribution in [3.05, 3.63) is 51.9 Å². The number of hydrogen-bond acceptors (Lipinski definition) is 3. The Hall–Kier alpha value is -2.26. The molecule has 94 valence electrons. The van der Waals surface area contributed by atoms with Crippen molar-refractivity contribution in [2.75, 3.05) is 13.2 Å². The molecule has 0 aromatic heterocycles. The lowest BCUT2D eigenvalue weighted by molar-refractivity contribution is 0.0526. The lowest BCUT2D eigenvalue weighted by atomic mass is 10.1. The normalized spacial score (nSPS) is 10.1. The summed E-state index contributed by atoms with van der Waals surface area (Å²) in [6.45, 7) is 2.60. The van der Waals surface area contributed by atoms with Crippen molar-refractivity contribution < 1.29 is 9.53 Å². The van der Waals surface area contributed by atoms with E-state index in [1.807, 2.05) is 24.3 Å². The zero-order valence-electron chi connectivity index (χ0n) is 10.2. The Morgan fingerprint density at radius 2 is 2.17 bits per heavy atom. The zero-order valence-corrected chi connectivity index (χ0v) is 10.2. The third-order valence-electron chi connectivity index (χ3n) is 2.19. The van der Waals surface area contributed by atoms with Gasteiger partial charge in [-0.1, -0.05) is 29.4 Å². The van der Waals surface area contributed by atoms with E-state index in [2.05, 4.69) is 10.0 Å². The first-order chi connectivity index (χ1) is 8.77. The standard InChI is InChI=1S/C13H15N3O2/c1-2-18-13(17)12-8-6-11(7-9-12)5-3-4-10-15-16-14/h3,5-9H,2,4,10H2,1H3. The van der Waals surface area contributed by atoms with E-state index in [-0.39, 0.29) is 5.97 Å². The lowest BCUT2D eigenvalue weighted by Gasteiger charge is -2.01. The molecule has 0 saturated heterocycles. The molecule has 0 heterocycles. The molecule has 1 aromatic carbocycles. The third-order valence-corrected chi connectivity index (χ3v) is 2.19. The quantitative estimate of drug-likeness (QED) is 0.252. The molecule has 0 aliphatic rings. The highest BCUT2D eigenvalue weighted by Crippen LogP contribution is 2.08. The summed E-state index contributed by atoms with van der Waals surface area (Å²) < 4.78 is 4.89. The van der Waals surface area contributed by atoms with Gasteiger partial charge in [-0.15, -0.1) is 0 Å². The van der Waals surface area contributed by atoms with E-state index < -0.39 is 0 Å². The molecule has 0 saturated carbocycles. The van der Waals surface area contributed by atoms with Crippen LogP contribution >= 0.6 is 0 Å². The van der Waals surface area contributed by atoms with Gasteiger partial charge in [0.2, 0.25) is 0 Å². The van der Waals surface area contributed by atoms with Crippen molar-refractivity contribution in [1.82, 2.24) is 0 Å². The monoisotopic (exact) mass is 245 g/mol. The lowest BCUT2D eigenvalue weighted by Crippen LogP contribution is -2.03. The molecule has 5 nitrogen and oxygen atoms in total. The van der Waals surface area contributed by atoms with Gasteiger partial charge in [-0.05, 0) is 36.6 Å². The fourth-order valence-corrected chi connectivity index (χ4v) is 1.34. The topological polar surface area (TPSA) is 75.1 Å². The number of benzene rings is 1. The Morgan fingerprint density at radius 3 is 2.78 bits per heavy atom. The van der Waals surface area contributed by atoms with E-state index in [1.54, 1.807) is 19.1 Å². The molecule has 0 fully saturated rings. The molecule has 0 N–H and O–H groups in total. The minimum absolute atomic E-state index is 0.309. The summed E-state index contributed by atoms with van der Waals surface area (Å²) in [7, 11) is 0. The first kappa shape index (κ1) is 13.8. The summed E-state index contributed by atoms with van der Waals surface area (Å²) in [5, 5.41) is 3.43. The predicted molar refractivity (Wildman–Crippen MR) is 70.1 cm³/mol. The van der Waals surface area contributed by atoms with Gasteiger partial charge in [-0.2, -0.15) is 0 Å². The summed E-state index contributed by atoms with van der Waals surface area (Å²) in [5.41, 5.74) is 9.63. The second-order valence-corrected chi connectivity index (χ2v) is 3.49. The smallest absolute Gasteiger partial charge is 0.338 e. The minimum Gasteiger partial charge on any atom is -0.462 e. The molecule has 0 amide bonds. The molecule has 0 unspecified atom stereocenters. The van der Waals surface area contributed by atoms with Crippen LogP contribution in [0.3, 0.4) is 0 Å². The van der Waals surface area contributed by atoms with Gasteiger partial charge in [-0.25, -0.2) is 4.79 Å². The van der Waals surface area contributed by atoms with Crippen LogP contribution in [0, 0.1) is 0 Å². The van der Waals surface area contributed by atoms with Gasteiger partial charge < -0.3 is 4.74 Å². The van der Waals surface area contributed by atoms with E-state index in [0.29, 0.717) is 25.1 Å². The van der Waals surface area contributed by atoms with Crippen molar-refractivity contribution >= 4 is 12.0 Å². The van der Waals surface area contributed by atoms with Crippen LogP contribution in [0.25, 0.3) is 16.5 Å². The van der Waals surface area contributed by atoms with Gasteiger partial charge in [0.05, 0.1) is 12.2 Å². The maximum atomic E-state index is 11.4.